The Hall–Kier alpha value is -1.81. The maximum atomic E-state index is 10.9. The van der Waals surface area contributed by atoms with E-state index in [0.717, 1.165) is 62.3 Å². The molecule has 0 atom stereocenters. The molecule has 8 nitrogen and oxygen atoms in total. The van der Waals surface area contributed by atoms with Crippen molar-refractivity contribution in [2.24, 2.45) is 5.14 Å². The molecule has 1 aromatic carbocycles. The lowest BCUT2D eigenvalue weighted by Crippen LogP contribution is -2.35. The van der Waals surface area contributed by atoms with Crippen molar-refractivity contribution in [3.63, 3.8) is 0 Å². The summed E-state index contributed by atoms with van der Waals surface area (Å²) in [5.74, 6) is 1.00. The molecule has 0 spiro atoms. The summed E-state index contributed by atoms with van der Waals surface area (Å²) in [6.45, 7) is 9.19. The molecular formula is C18H28N6O2S. The van der Waals surface area contributed by atoms with Crippen LogP contribution in [0.15, 0.2) is 18.5 Å². The van der Waals surface area contributed by atoms with Gasteiger partial charge in [0, 0.05) is 31.6 Å². The molecule has 0 bridgehead atoms. The molecule has 0 amide bonds. The Morgan fingerprint density at radius 2 is 1.89 bits per heavy atom. The third kappa shape index (κ3) is 5.35. The van der Waals surface area contributed by atoms with Crippen molar-refractivity contribution in [2.75, 3.05) is 44.2 Å². The molecule has 0 aliphatic carbocycles. The summed E-state index contributed by atoms with van der Waals surface area (Å²) in [4.78, 5) is 13.7. The molecule has 148 valence electrons. The minimum atomic E-state index is -3.60. The fourth-order valence-corrected chi connectivity index (χ4v) is 3.91. The number of nitrogens with one attached hydrogen (secondary N) is 1. The molecule has 1 saturated heterocycles. The van der Waals surface area contributed by atoms with E-state index in [1.807, 2.05) is 0 Å². The zero-order valence-electron chi connectivity index (χ0n) is 16.0. The van der Waals surface area contributed by atoms with Gasteiger partial charge in [0.15, 0.2) is 0 Å². The van der Waals surface area contributed by atoms with Crippen LogP contribution in [0.4, 0.5) is 5.82 Å². The second kappa shape index (κ2) is 8.47. The Bertz CT molecular complexity index is 902. The van der Waals surface area contributed by atoms with Gasteiger partial charge in [0.25, 0.3) is 10.2 Å². The van der Waals surface area contributed by atoms with Crippen molar-refractivity contribution in [1.29, 1.82) is 0 Å². The van der Waals surface area contributed by atoms with Gasteiger partial charge in [-0.3, -0.25) is 0 Å². The highest BCUT2D eigenvalue weighted by Gasteiger charge is 2.18. The van der Waals surface area contributed by atoms with E-state index in [2.05, 4.69) is 50.5 Å². The van der Waals surface area contributed by atoms with E-state index < -0.39 is 10.2 Å². The number of benzene rings is 1. The number of nitrogens with zero attached hydrogens (tertiary/aromatic N) is 4. The van der Waals surface area contributed by atoms with E-state index in [0.29, 0.717) is 6.54 Å². The van der Waals surface area contributed by atoms with Gasteiger partial charge >= 0.3 is 0 Å². The summed E-state index contributed by atoms with van der Waals surface area (Å²) in [5.41, 5.74) is 3.47. The number of hydrogen-bond donors (Lipinski definition) is 2. The van der Waals surface area contributed by atoms with Gasteiger partial charge < -0.3 is 9.80 Å². The maximum Gasteiger partial charge on any atom is 0.274 e. The van der Waals surface area contributed by atoms with Gasteiger partial charge in [-0.05, 0) is 63.0 Å². The summed E-state index contributed by atoms with van der Waals surface area (Å²) >= 11 is 0. The van der Waals surface area contributed by atoms with Gasteiger partial charge in [-0.1, -0.05) is 0 Å². The quantitative estimate of drug-likeness (QED) is 0.709. The molecule has 9 heteroatoms. The Morgan fingerprint density at radius 1 is 1.11 bits per heavy atom. The molecule has 0 radical (unpaired) electrons. The standard InChI is InChI=1S/C18H28N6O2S/c1-14-11-16-17(12-15(14)2)20-13-21-18(16)24-8-4-7-23(9-10-24)6-3-5-22-27(19,25)26/h11-13,22H,3-10H2,1-2H3,(H2,19,25,26). The lowest BCUT2D eigenvalue weighted by atomic mass is 10.1. The molecule has 2 aromatic rings. The molecule has 0 saturated carbocycles. The first-order valence-electron chi connectivity index (χ1n) is 9.30. The van der Waals surface area contributed by atoms with Crippen molar-refractivity contribution in [2.45, 2.75) is 26.7 Å². The predicted molar refractivity (Wildman–Crippen MR) is 108 cm³/mol. The van der Waals surface area contributed by atoms with Crippen LogP contribution in [0.25, 0.3) is 10.9 Å². The number of nitrogens with two attached hydrogens (primary N) is 1. The number of hydrogen-bond acceptors (Lipinski definition) is 6. The highest BCUT2D eigenvalue weighted by molar-refractivity contribution is 7.87. The molecule has 3 rings (SSSR count). The summed E-state index contributed by atoms with van der Waals surface area (Å²) in [6, 6.07) is 4.31. The van der Waals surface area contributed by atoms with Crippen LogP contribution in [-0.4, -0.2) is 62.6 Å². The predicted octanol–water partition coefficient (Wildman–Crippen LogP) is 0.942. The Balaban J connectivity index is 1.64. The van der Waals surface area contributed by atoms with Crippen molar-refractivity contribution in [3.05, 3.63) is 29.6 Å². The number of rotatable bonds is 6. The van der Waals surface area contributed by atoms with Gasteiger partial charge in [-0.2, -0.15) is 8.42 Å². The molecule has 1 aromatic heterocycles. The lowest BCUT2D eigenvalue weighted by Gasteiger charge is -2.24. The minimum Gasteiger partial charge on any atom is -0.355 e. The van der Waals surface area contributed by atoms with Gasteiger partial charge in [0.1, 0.15) is 12.1 Å². The summed E-state index contributed by atoms with van der Waals surface area (Å²) in [5, 5.41) is 6.06. The summed E-state index contributed by atoms with van der Waals surface area (Å²) in [7, 11) is -3.60. The first kappa shape index (κ1) is 19.9. The van der Waals surface area contributed by atoms with Gasteiger partial charge in [0.2, 0.25) is 0 Å². The molecule has 0 unspecified atom stereocenters. The number of aromatic nitrogens is 2. The monoisotopic (exact) mass is 392 g/mol. The van der Waals surface area contributed by atoms with E-state index in [4.69, 9.17) is 5.14 Å². The third-order valence-corrected chi connectivity index (χ3v) is 5.68. The van der Waals surface area contributed by atoms with Gasteiger partial charge in [0.05, 0.1) is 5.52 Å². The van der Waals surface area contributed by atoms with Crippen molar-refractivity contribution in [1.82, 2.24) is 19.6 Å². The average molecular weight is 393 g/mol. The number of anilines is 1. The van der Waals surface area contributed by atoms with Crippen LogP contribution in [-0.2, 0) is 10.2 Å². The second-order valence-corrected chi connectivity index (χ2v) is 8.50. The van der Waals surface area contributed by atoms with E-state index in [1.54, 1.807) is 6.33 Å². The second-order valence-electron chi connectivity index (χ2n) is 7.13. The molecule has 1 aliphatic heterocycles. The average Bonchev–Trinajstić information content (AvgIpc) is 2.84. The molecule has 27 heavy (non-hydrogen) atoms. The van der Waals surface area contributed by atoms with Crippen LogP contribution in [0.3, 0.4) is 0 Å². The van der Waals surface area contributed by atoms with Crippen molar-refractivity contribution < 1.29 is 8.42 Å². The van der Waals surface area contributed by atoms with Crippen LogP contribution >= 0.6 is 0 Å². The smallest absolute Gasteiger partial charge is 0.274 e. The van der Waals surface area contributed by atoms with Crippen LogP contribution < -0.4 is 14.8 Å². The van der Waals surface area contributed by atoms with E-state index in [9.17, 15) is 8.42 Å². The first-order chi connectivity index (χ1) is 12.8. The fourth-order valence-electron chi connectivity index (χ4n) is 3.48. The third-order valence-electron chi connectivity index (χ3n) is 5.07. The Morgan fingerprint density at radius 3 is 2.67 bits per heavy atom. The zero-order valence-corrected chi connectivity index (χ0v) is 16.8. The van der Waals surface area contributed by atoms with Crippen LogP contribution in [0.1, 0.15) is 24.0 Å². The van der Waals surface area contributed by atoms with Crippen molar-refractivity contribution in [3.8, 4) is 0 Å². The van der Waals surface area contributed by atoms with E-state index >= 15 is 0 Å². The lowest BCUT2D eigenvalue weighted by molar-refractivity contribution is 0.290. The normalized spacial score (nSPS) is 16.6. The topological polar surface area (TPSA) is 104 Å². The number of fused-ring (bicyclic) bond motifs is 1. The van der Waals surface area contributed by atoms with Crippen molar-refractivity contribution >= 4 is 26.9 Å². The fraction of sp³-hybridized carbons (Fsp3) is 0.556. The SMILES string of the molecule is Cc1cc2ncnc(N3CCCN(CCCNS(N)(=O)=O)CC3)c2cc1C. The number of aryl methyl sites for hydroxylation is 2. The Labute approximate surface area is 161 Å². The van der Waals surface area contributed by atoms with Crippen LogP contribution in [0, 0.1) is 13.8 Å². The van der Waals surface area contributed by atoms with E-state index in [-0.39, 0.29) is 0 Å². The first-order valence-corrected chi connectivity index (χ1v) is 10.8. The zero-order chi connectivity index (χ0) is 19.4. The highest BCUT2D eigenvalue weighted by atomic mass is 32.2. The highest BCUT2D eigenvalue weighted by Crippen LogP contribution is 2.26. The van der Waals surface area contributed by atoms with Gasteiger partial charge in [-0.15, -0.1) is 0 Å². The molecule has 3 N–H and O–H groups in total. The summed E-state index contributed by atoms with van der Waals surface area (Å²) in [6.07, 6.45) is 3.43. The van der Waals surface area contributed by atoms with Crippen LogP contribution in [0.5, 0.6) is 0 Å². The molecule has 1 fully saturated rings. The molecule has 2 heterocycles. The summed E-state index contributed by atoms with van der Waals surface area (Å²) < 4.78 is 24.2. The maximum absolute atomic E-state index is 10.9. The van der Waals surface area contributed by atoms with E-state index in [1.165, 1.54) is 11.1 Å². The minimum absolute atomic E-state index is 0.369. The van der Waals surface area contributed by atoms with Gasteiger partial charge in [-0.25, -0.2) is 19.8 Å². The van der Waals surface area contributed by atoms with Crippen LogP contribution in [0.2, 0.25) is 0 Å². The Kier molecular flexibility index (Phi) is 6.25. The molecule has 1 aliphatic rings. The largest absolute Gasteiger partial charge is 0.355 e. The molecular weight excluding hydrogens is 364 g/mol.